The lowest BCUT2D eigenvalue weighted by atomic mass is 9.84. The number of benzene rings is 4. The average molecular weight is 817 g/mol. The van der Waals surface area contributed by atoms with E-state index in [1.807, 2.05) is 66.7 Å². The second kappa shape index (κ2) is 22.3. The molecule has 59 heavy (non-hydrogen) atoms. The maximum Gasteiger partial charge on any atom is 0.161 e. The van der Waals surface area contributed by atoms with Gasteiger partial charge in [0.15, 0.2) is 46.0 Å². The molecule has 12 nitrogen and oxygen atoms in total. The fourth-order valence-corrected chi connectivity index (χ4v) is 7.99. The first-order chi connectivity index (χ1) is 28.8. The molecule has 0 aliphatic carbocycles. The second-order valence-corrected chi connectivity index (χ2v) is 14.4. The molecule has 6 rings (SSSR count). The van der Waals surface area contributed by atoms with Crippen LogP contribution < -0.4 is 37.9 Å². The molecule has 1 N–H and O–H groups in total. The molecule has 0 amide bonds. The molecule has 2 aliphatic rings. The number of methoxy groups -OCH3 is 8. The van der Waals surface area contributed by atoms with E-state index in [9.17, 15) is 5.11 Å². The van der Waals surface area contributed by atoms with Crippen LogP contribution in [-0.4, -0.2) is 95.0 Å². The summed E-state index contributed by atoms with van der Waals surface area (Å²) < 4.78 is 61.4. The summed E-state index contributed by atoms with van der Waals surface area (Å²) in [6, 6.07) is 23.7. The minimum Gasteiger partial charge on any atom is -0.493 e. The molecule has 0 bridgehead atoms. The molecule has 4 aromatic carbocycles. The van der Waals surface area contributed by atoms with E-state index in [2.05, 4.69) is 12.6 Å². The molecule has 320 valence electrons. The summed E-state index contributed by atoms with van der Waals surface area (Å²) in [7, 11) is 13.0. The van der Waals surface area contributed by atoms with Crippen molar-refractivity contribution in [3.63, 3.8) is 0 Å². The molecule has 2 aliphatic heterocycles. The number of aliphatic hydroxyl groups is 1. The maximum absolute atomic E-state index is 10.1. The SMILES string of the molecule is C=CCOC[C@H]1[C@@H](Cc2ccc(OC)c(OC)c2)CO[C@@H]1c1ccc(OC)c(OC)c1.COc1ccc(C[C@H]2CO[C@H](c3ccc(OC)c(OC)c3)[C@H]2CO)cc1OC. The minimum absolute atomic E-state index is 0.00815. The van der Waals surface area contributed by atoms with Crippen molar-refractivity contribution >= 4 is 0 Å². The van der Waals surface area contributed by atoms with Crippen LogP contribution in [-0.2, 0) is 27.1 Å². The number of hydrogen-bond acceptors (Lipinski definition) is 12. The number of ether oxygens (including phenoxy) is 11. The van der Waals surface area contributed by atoms with E-state index in [4.69, 9.17) is 52.1 Å². The Balaban J connectivity index is 0.000000225. The summed E-state index contributed by atoms with van der Waals surface area (Å²) in [6.45, 7) is 6.13. The van der Waals surface area contributed by atoms with Crippen LogP contribution in [0.3, 0.4) is 0 Å². The first-order valence-electron chi connectivity index (χ1n) is 19.7. The van der Waals surface area contributed by atoms with Gasteiger partial charge in [-0.15, -0.1) is 6.58 Å². The van der Waals surface area contributed by atoms with Crippen molar-refractivity contribution in [1.29, 1.82) is 0 Å². The van der Waals surface area contributed by atoms with Gasteiger partial charge in [-0.05, 0) is 95.5 Å². The van der Waals surface area contributed by atoms with Crippen LogP contribution in [0.5, 0.6) is 46.0 Å². The maximum atomic E-state index is 10.1. The monoisotopic (exact) mass is 816 g/mol. The molecule has 0 unspecified atom stereocenters. The first kappa shape index (κ1) is 45.0. The predicted molar refractivity (Wildman–Crippen MR) is 225 cm³/mol. The number of rotatable bonds is 19. The Morgan fingerprint density at radius 2 is 0.898 bits per heavy atom. The van der Waals surface area contributed by atoms with E-state index < -0.39 is 0 Å². The van der Waals surface area contributed by atoms with Crippen LogP contribution >= 0.6 is 0 Å². The van der Waals surface area contributed by atoms with Gasteiger partial charge in [0.1, 0.15) is 0 Å². The van der Waals surface area contributed by atoms with E-state index in [0.717, 1.165) is 41.0 Å². The van der Waals surface area contributed by atoms with Gasteiger partial charge in [-0.25, -0.2) is 0 Å². The van der Waals surface area contributed by atoms with Gasteiger partial charge in [-0.1, -0.05) is 30.3 Å². The standard InChI is InChI=1S/C25H32O6.C22H28O6/c1-6-11-30-16-20-19(12-17-7-9-21(26-2)23(13-17)28-4)15-31-25(20)18-8-10-22(27-3)24(14-18)29-5;1-24-18-7-5-14(10-20(18)26-3)9-16-13-28-22(17(16)12-23)15-6-8-19(25-2)21(11-15)27-4/h6-10,13-14,19-20,25H,1,11-12,15-16H2,2-5H3;5-8,10-11,16-17,22-23H,9,12-13H2,1-4H3/t19-,20-,25+;16-,17-,22+/m00/s1. The molecule has 12 heteroatoms. The highest BCUT2D eigenvalue weighted by Gasteiger charge is 2.40. The van der Waals surface area contributed by atoms with Crippen molar-refractivity contribution in [3.05, 3.63) is 108 Å². The van der Waals surface area contributed by atoms with Gasteiger partial charge in [0.05, 0.1) is 95.5 Å². The quantitative estimate of drug-likeness (QED) is 0.0737. The number of hydrogen-bond donors (Lipinski definition) is 1. The predicted octanol–water partition coefficient (Wildman–Crippen LogP) is 7.73. The van der Waals surface area contributed by atoms with E-state index in [1.165, 1.54) is 5.56 Å². The van der Waals surface area contributed by atoms with Crippen LogP contribution in [0.2, 0.25) is 0 Å². The molecular formula is C47H60O12. The van der Waals surface area contributed by atoms with Gasteiger partial charge in [0.2, 0.25) is 0 Å². The Bertz CT molecular complexity index is 1930. The molecule has 0 aromatic heterocycles. The lowest BCUT2D eigenvalue weighted by molar-refractivity contribution is 0.0490. The third-order valence-corrected chi connectivity index (χ3v) is 11.1. The summed E-state index contributed by atoms with van der Waals surface area (Å²) >= 11 is 0. The Kier molecular flexibility index (Phi) is 17.0. The molecule has 0 spiro atoms. The van der Waals surface area contributed by atoms with Crippen LogP contribution in [0.25, 0.3) is 0 Å². The zero-order chi connectivity index (χ0) is 42.3. The van der Waals surface area contributed by atoms with E-state index >= 15 is 0 Å². The zero-order valence-electron chi connectivity index (χ0n) is 35.6. The van der Waals surface area contributed by atoms with Crippen LogP contribution in [0.15, 0.2) is 85.5 Å². The van der Waals surface area contributed by atoms with Crippen molar-refractivity contribution in [2.24, 2.45) is 23.7 Å². The van der Waals surface area contributed by atoms with Crippen LogP contribution in [0.1, 0.15) is 34.5 Å². The van der Waals surface area contributed by atoms with Gasteiger partial charge in [-0.2, -0.15) is 0 Å². The molecule has 2 fully saturated rings. The van der Waals surface area contributed by atoms with Gasteiger partial charge >= 0.3 is 0 Å². The molecule has 2 heterocycles. The van der Waals surface area contributed by atoms with Crippen molar-refractivity contribution in [2.75, 3.05) is 89.9 Å². The molecule has 2 saturated heterocycles. The fraction of sp³-hybridized carbons (Fsp3) is 0.447. The van der Waals surface area contributed by atoms with E-state index in [-0.39, 0.29) is 36.6 Å². The normalized spacial score (nSPS) is 20.8. The van der Waals surface area contributed by atoms with Gasteiger partial charge < -0.3 is 57.2 Å². The highest BCUT2D eigenvalue weighted by Crippen LogP contribution is 2.44. The summed E-state index contributed by atoms with van der Waals surface area (Å²) in [5, 5.41) is 10.1. The molecule has 6 atom stereocenters. The summed E-state index contributed by atoms with van der Waals surface area (Å²) in [5.41, 5.74) is 4.33. The van der Waals surface area contributed by atoms with Crippen molar-refractivity contribution in [1.82, 2.24) is 0 Å². The molecule has 0 saturated carbocycles. The highest BCUT2D eigenvalue weighted by molar-refractivity contribution is 5.46. The average Bonchev–Trinajstić information content (AvgIpc) is 3.88. The molecule has 4 aromatic rings. The topological polar surface area (TPSA) is 122 Å². The minimum atomic E-state index is -0.185. The van der Waals surface area contributed by atoms with Crippen molar-refractivity contribution < 1.29 is 57.2 Å². The smallest absolute Gasteiger partial charge is 0.161 e. The lowest BCUT2D eigenvalue weighted by Crippen LogP contribution is -2.23. The fourth-order valence-electron chi connectivity index (χ4n) is 7.99. The van der Waals surface area contributed by atoms with E-state index in [1.54, 1.807) is 63.0 Å². The second-order valence-electron chi connectivity index (χ2n) is 14.4. The van der Waals surface area contributed by atoms with E-state index in [0.29, 0.717) is 66.8 Å². The van der Waals surface area contributed by atoms with Crippen LogP contribution in [0.4, 0.5) is 0 Å². The first-order valence-corrected chi connectivity index (χ1v) is 19.7. The van der Waals surface area contributed by atoms with Gasteiger partial charge in [0, 0.05) is 18.4 Å². The van der Waals surface area contributed by atoms with Gasteiger partial charge in [0.25, 0.3) is 0 Å². The Labute approximate surface area is 348 Å². The molecule has 0 radical (unpaired) electrons. The van der Waals surface area contributed by atoms with Gasteiger partial charge in [-0.3, -0.25) is 0 Å². The Morgan fingerprint density at radius 3 is 1.29 bits per heavy atom. The summed E-state index contributed by atoms with van der Waals surface area (Å²) in [4.78, 5) is 0. The number of aliphatic hydroxyl groups excluding tert-OH is 1. The third kappa shape index (κ3) is 10.9. The van der Waals surface area contributed by atoms with Crippen molar-refractivity contribution in [3.8, 4) is 46.0 Å². The Hall–Kier alpha value is -5.14. The van der Waals surface area contributed by atoms with Crippen molar-refractivity contribution in [2.45, 2.75) is 25.0 Å². The largest absolute Gasteiger partial charge is 0.493 e. The zero-order valence-corrected chi connectivity index (χ0v) is 35.6. The Morgan fingerprint density at radius 1 is 0.525 bits per heavy atom. The highest BCUT2D eigenvalue weighted by atomic mass is 16.5. The summed E-state index contributed by atoms with van der Waals surface area (Å²) in [6.07, 6.45) is 3.14. The van der Waals surface area contributed by atoms with Crippen LogP contribution in [0, 0.1) is 23.7 Å². The third-order valence-electron chi connectivity index (χ3n) is 11.1. The molecular weight excluding hydrogens is 757 g/mol. The lowest BCUT2D eigenvalue weighted by Gasteiger charge is -2.24. The summed E-state index contributed by atoms with van der Waals surface area (Å²) in [5.74, 6) is 6.25.